The zero-order valence-corrected chi connectivity index (χ0v) is 30.7. The van der Waals surface area contributed by atoms with Gasteiger partial charge in [0.15, 0.2) is 0 Å². The number of aromatic nitrogens is 4. The standard InChI is InChI=1S/C28H25ClN6O3.C13H11NO2/c1-16-13-31-21(17(2)23(16)38-3)15-34-14-18(22-24(29)32-28(30)33-25(22)34)9-5-4-8-12-35-26(36)19-10-6-7-11-20(19)27(35)37;1-2-3-6-9-14-12(15)10-7-4-5-8-11(10)13(14)16/h6-7,10-11,13-14H,4,8,12,15H2,1-3H3,(H2,30,32,33);1,4-5,7-8H,3,6,9H2. The van der Waals surface area contributed by atoms with Gasteiger partial charge in [0.2, 0.25) is 5.95 Å². The summed E-state index contributed by atoms with van der Waals surface area (Å²) in [7, 11) is 1.64. The molecule has 0 spiro atoms. The summed E-state index contributed by atoms with van der Waals surface area (Å²) in [5, 5.41) is 0.818. The lowest BCUT2D eigenvalue weighted by Gasteiger charge is -2.13. The maximum absolute atomic E-state index is 12.6. The zero-order valence-electron chi connectivity index (χ0n) is 30.0. The number of unbranched alkanes of at least 4 members (excludes halogenated alkanes) is 2. The number of carbonyl (C=O) groups excluding carboxylic acids is 4. The number of hydrogen-bond donors (Lipinski definition) is 1. The number of anilines is 1. The van der Waals surface area contributed by atoms with E-state index in [1.54, 1.807) is 61.8 Å². The molecule has 2 aliphatic rings. The molecule has 7 rings (SSSR count). The molecule has 0 fully saturated rings. The lowest BCUT2D eigenvalue weighted by Crippen LogP contribution is -2.30. The third kappa shape index (κ3) is 7.25. The van der Waals surface area contributed by atoms with E-state index in [9.17, 15) is 19.2 Å². The number of ether oxygens (including phenoxy) is 1. The molecule has 0 atom stereocenters. The van der Waals surface area contributed by atoms with Crippen LogP contribution in [0, 0.1) is 38.0 Å². The Morgan fingerprint density at radius 1 is 0.833 bits per heavy atom. The highest BCUT2D eigenvalue weighted by Crippen LogP contribution is 2.30. The average molecular weight is 742 g/mol. The number of carbonyl (C=O) groups is 4. The Morgan fingerprint density at radius 2 is 1.37 bits per heavy atom. The van der Waals surface area contributed by atoms with Gasteiger partial charge in [0, 0.05) is 49.5 Å². The molecule has 0 saturated heterocycles. The number of fused-ring (bicyclic) bond motifs is 3. The van der Waals surface area contributed by atoms with E-state index in [1.165, 1.54) is 9.80 Å². The summed E-state index contributed by atoms with van der Waals surface area (Å²) in [6.07, 6.45) is 11.0. The number of nitrogen functional groups attached to an aromatic ring is 1. The Bertz CT molecular complexity index is 2370. The van der Waals surface area contributed by atoms with Gasteiger partial charge in [-0.3, -0.25) is 34.0 Å². The number of nitrogens with zero attached hydrogens (tertiary/aromatic N) is 6. The van der Waals surface area contributed by atoms with Crippen LogP contribution in [0.5, 0.6) is 5.75 Å². The summed E-state index contributed by atoms with van der Waals surface area (Å²) in [4.78, 5) is 64.5. The molecule has 5 heterocycles. The molecule has 0 unspecified atom stereocenters. The van der Waals surface area contributed by atoms with Crippen molar-refractivity contribution in [1.82, 2.24) is 29.3 Å². The monoisotopic (exact) mass is 741 g/mol. The highest BCUT2D eigenvalue weighted by Gasteiger charge is 2.35. The van der Waals surface area contributed by atoms with Gasteiger partial charge in [0.25, 0.3) is 23.6 Å². The summed E-state index contributed by atoms with van der Waals surface area (Å²) in [6, 6.07) is 13.7. The number of imide groups is 2. The normalized spacial score (nSPS) is 12.9. The van der Waals surface area contributed by atoms with Gasteiger partial charge in [0.1, 0.15) is 16.5 Å². The zero-order chi connectivity index (χ0) is 38.5. The number of hydrogen-bond acceptors (Lipinski definition) is 9. The van der Waals surface area contributed by atoms with Gasteiger partial charge < -0.3 is 15.0 Å². The smallest absolute Gasteiger partial charge is 0.261 e. The Balaban J connectivity index is 0.000000259. The van der Waals surface area contributed by atoms with Crippen molar-refractivity contribution in [3.8, 4) is 29.9 Å². The second-order valence-electron chi connectivity index (χ2n) is 12.6. The summed E-state index contributed by atoms with van der Waals surface area (Å²) in [5.74, 6) is 8.68. The predicted octanol–water partition coefficient (Wildman–Crippen LogP) is 5.86. The third-order valence-corrected chi connectivity index (χ3v) is 9.40. The van der Waals surface area contributed by atoms with Crippen molar-refractivity contribution >= 4 is 52.2 Å². The van der Waals surface area contributed by atoms with Crippen LogP contribution in [-0.4, -0.2) is 73.1 Å². The SMILES string of the molecule is C#CCCCN1C(=O)c2ccccc2C1=O.COc1c(C)cnc(Cn2cc(C#CCCCN3C(=O)c4ccccc4C3=O)c3c(Cl)nc(N)nc32)c1C. The molecule has 2 aliphatic heterocycles. The fourth-order valence-corrected chi connectivity index (χ4v) is 6.75. The molecular weight excluding hydrogens is 706 g/mol. The van der Waals surface area contributed by atoms with Crippen molar-refractivity contribution in [2.24, 2.45) is 0 Å². The fourth-order valence-electron chi connectivity index (χ4n) is 6.47. The molecule has 0 aliphatic carbocycles. The first-order valence-electron chi connectivity index (χ1n) is 17.2. The minimum atomic E-state index is -0.264. The minimum absolute atomic E-state index is 0.0634. The van der Waals surface area contributed by atoms with Gasteiger partial charge in [-0.1, -0.05) is 47.7 Å². The number of nitrogens with two attached hydrogens (primary N) is 1. The molecule has 13 heteroatoms. The first kappa shape index (κ1) is 37.3. The Morgan fingerprint density at radius 3 is 1.89 bits per heavy atom. The van der Waals surface area contributed by atoms with Crippen LogP contribution in [0.3, 0.4) is 0 Å². The average Bonchev–Trinajstić information content (AvgIpc) is 3.72. The summed E-state index contributed by atoms with van der Waals surface area (Å²) in [5.41, 5.74) is 11.7. The number of rotatable bonds is 9. The molecule has 2 aromatic carbocycles. The van der Waals surface area contributed by atoms with Crippen LogP contribution in [0.2, 0.25) is 5.15 Å². The quantitative estimate of drug-likeness (QED) is 0.0847. The summed E-state index contributed by atoms with van der Waals surface area (Å²) in [6.45, 7) is 5.02. The van der Waals surface area contributed by atoms with Gasteiger partial charge in [-0.05, 0) is 51.0 Å². The summed E-state index contributed by atoms with van der Waals surface area (Å²) < 4.78 is 7.44. The van der Waals surface area contributed by atoms with Gasteiger partial charge in [-0.15, -0.1) is 12.3 Å². The number of pyridine rings is 1. The molecule has 0 bridgehead atoms. The number of aryl methyl sites for hydroxylation is 1. The van der Waals surface area contributed by atoms with E-state index in [0.717, 1.165) is 22.6 Å². The number of amides is 4. The Kier molecular flexibility index (Phi) is 11.1. The number of halogens is 1. The van der Waals surface area contributed by atoms with Crippen molar-refractivity contribution in [2.45, 2.75) is 46.1 Å². The summed E-state index contributed by atoms with van der Waals surface area (Å²) >= 11 is 6.46. The van der Waals surface area contributed by atoms with Gasteiger partial charge in [0.05, 0.1) is 52.6 Å². The largest absolute Gasteiger partial charge is 0.496 e. The van der Waals surface area contributed by atoms with E-state index >= 15 is 0 Å². The Labute approximate surface area is 317 Å². The van der Waals surface area contributed by atoms with Crippen LogP contribution in [0.1, 0.15) is 89.5 Å². The molecule has 4 amide bonds. The van der Waals surface area contributed by atoms with E-state index in [4.69, 9.17) is 28.5 Å². The second kappa shape index (κ2) is 16.0. The van der Waals surface area contributed by atoms with Crippen molar-refractivity contribution in [2.75, 3.05) is 25.9 Å². The van der Waals surface area contributed by atoms with E-state index in [2.05, 4.69) is 32.7 Å². The van der Waals surface area contributed by atoms with E-state index < -0.39 is 0 Å². The maximum atomic E-state index is 12.6. The lowest BCUT2D eigenvalue weighted by molar-refractivity contribution is 0.0637. The van der Waals surface area contributed by atoms with Crippen molar-refractivity contribution in [3.05, 3.63) is 111 Å². The Hall–Kier alpha value is -6.50. The van der Waals surface area contributed by atoms with E-state index in [1.807, 2.05) is 24.6 Å². The van der Waals surface area contributed by atoms with Gasteiger partial charge in [-0.2, -0.15) is 4.98 Å². The highest BCUT2D eigenvalue weighted by atomic mass is 35.5. The third-order valence-electron chi connectivity index (χ3n) is 9.13. The van der Waals surface area contributed by atoms with Crippen molar-refractivity contribution in [3.63, 3.8) is 0 Å². The molecule has 272 valence electrons. The molecule has 0 radical (unpaired) electrons. The van der Waals surface area contributed by atoms with Crippen LogP contribution in [0.15, 0.2) is 60.9 Å². The van der Waals surface area contributed by atoms with Crippen LogP contribution in [0.4, 0.5) is 5.95 Å². The molecular formula is C41H36ClN7O5. The van der Waals surface area contributed by atoms with E-state index in [-0.39, 0.29) is 34.7 Å². The van der Waals surface area contributed by atoms with Crippen LogP contribution < -0.4 is 10.5 Å². The van der Waals surface area contributed by atoms with Crippen LogP contribution in [-0.2, 0) is 6.54 Å². The van der Waals surface area contributed by atoms with Crippen LogP contribution >= 0.6 is 11.6 Å². The molecule has 5 aromatic rings. The molecule has 2 N–H and O–H groups in total. The van der Waals surface area contributed by atoms with Crippen LogP contribution in [0.25, 0.3) is 11.0 Å². The number of terminal acetylenes is 1. The first-order chi connectivity index (χ1) is 26.0. The molecule has 3 aromatic heterocycles. The molecule has 54 heavy (non-hydrogen) atoms. The maximum Gasteiger partial charge on any atom is 0.261 e. The minimum Gasteiger partial charge on any atom is -0.496 e. The van der Waals surface area contributed by atoms with E-state index in [0.29, 0.717) is 84.2 Å². The van der Waals surface area contributed by atoms with Gasteiger partial charge >= 0.3 is 0 Å². The highest BCUT2D eigenvalue weighted by molar-refractivity contribution is 6.34. The second-order valence-corrected chi connectivity index (χ2v) is 13.0. The first-order valence-corrected chi connectivity index (χ1v) is 17.6. The number of benzene rings is 2. The fraction of sp³-hybridized carbons (Fsp3) is 0.244. The topological polar surface area (TPSA) is 154 Å². The van der Waals surface area contributed by atoms with Crippen molar-refractivity contribution < 1.29 is 23.9 Å². The predicted molar refractivity (Wildman–Crippen MR) is 204 cm³/mol. The molecule has 0 saturated carbocycles. The van der Waals surface area contributed by atoms with Gasteiger partial charge in [-0.25, -0.2) is 4.98 Å². The number of methoxy groups -OCH3 is 1. The van der Waals surface area contributed by atoms with Crippen molar-refractivity contribution in [1.29, 1.82) is 0 Å². The lowest BCUT2D eigenvalue weighted by atomic mass is 10.1. The molecule has 12 nitrogen and oxygen atoms in total.